The van der Waals surface area contributed by atoms with Crippen molar-refractivity contribution in [2.75, 3.05) is 6.54 Å². The molecule has 11 heteroatoms. The highest BCUT2D eigenvalue weighted by Gasteiger charge is 2.32. The Kier molecular flexibility index (Phi) is 11.8. The third-order valence-electron chi connectivity index (χ3n) is 5.32. The molecule has 4 atom stereocenters. The molecule has 0 aromatic heterocycles. The van der Waals surface area contributed by atoms with Crippen molar-refractivity contribution in [3.63, 3.8) is 0 Å². The standard InChI is InChI=1S/C22H38N4O7/c1-12(2)10-16(20(30)24-15(22(32)33)7-8-18(27)28)26-21(31)17(11-13(3)4)25-19(29)14-6-5-9-23-14/h12-17,23H,5-11H2,1-4H3,(H,24,30)(H,25,29)(H,26,31)(H,27,28)(H,32,33). The fourth-order valence-electron chi connectivity index (χ4n) is 3.66. The van der Waals surface area contributed by atoms with E-state index in [1.54, 1.807) is 0 Å². The Bertz CT molecular complexity index is 705. The maximum atomic E-state index is 13.0. The van der Waals surface area contributed by atoms with Gasteiger partial charge in [-0.05, 0) is 50.5 Å². The van der Waals surface area contributed by atoms with Gasteiger partial charge in [0.15, 0.2) is 0 Å². The van der Waals surface area contributed by atoms with Gasteiger partial charge in [0.2, 0.25) is 17.7 Å². The third kappa shape index (κ3) is 10.6. The fourth-order valence-corrected chi connectivity index (χ4v) is 3.66. The number of aliphatic carboxylic acids is 2. The van der Waals surface area contributed by atoms with Gasteiger partial charge in [-0.2, -0.15) is 0 Å². The van der Waals surface area contributed by atoms with Crippen LogP contribution in [0.4, 0.5) is 0 Å². The number of rotatable bonds is 14. The number of hydrogen-bond donors (Lipinski definition) is 6. The van der Waals surface area contributed by atoms with E-state index in [0.29, 0.717) is 12.8 Å². The lowest BCUT2D eigenvalue weighted by molar-refractivity contribution is -0.143. The second-order valence-electron chi connectivity index (χ2n) is 9.36. The quantitative estimate of drug-likeness (QED) is 0.209. The fraction of sp³-hybridized carbons (Fsp3) is 0.773. The zero-order chi connectivity index (χ0) is 25.1. The van der Waals surface area contributed by atoms with E-state index in [1.165, 1.54) is 0 Å². The molecule has 1 fully saturated rings. The Balaban J connectivity index is 2.91. The first-order valence-electron chi connectivity index (χ1n) is 11.5. The van der Waals surface area contributed by atoms with Crippen LogP contribution in [0.15, 0.2) is 0 Å². The van der Waals surface area contributed by atoms with Crippen molar-refractivity contribution < 1.29 is 34.2 Å². The van der Waals surface area contributed by atoms with Gasteiger partial charge < -0.3 is 31.5 Å². The van der Waals surface area contributed by atoms with Crippen molar-refractivity contribution in [3.05, 3.63) is 0 Å². The van der Waals surface area contributed by atoms with Gasteiger partial charge >= 0.3 is 11.9 Å². The van der Waals surface area contributed by atoms with Gasteiger partial charge in [-0.1, -0.05) is 27.7 Å². The van der Waals surface area contributed by atoms with E-state index in [1.807, 2.05) is 27.7 Å². The third-order valence-corrected chi connectivity index (χ3v) is 5.32. The van der Waals surface area contributed by atoms with Gasteiger partial charge in [0.1, 0.15) is 18.1 Å². The predicted octanol–water partition coefficient (Wildman–Crippen LogP) is 0.234. The largest absolute Gasteiger partial charge is 0.481 e. The summed E-state index contributed by atoms with van der Waals surface area (Å²) in [5.41, 5.74) is 0. The zero-order valence-electron chi connectivity index (χ0n) is 19.8. The minimum absolute atomic E-state index is 0.00387. The summed E-state index contributed by atoms with van der Waals surface area (Å²) in [6.07, 6.45) is 1.48. The van der Waals surface area contributed by atoms with E-state index >= 15 is 0 Å². The van der Waals surface area contributed by atoms with Crippen molar-refractivity contribution in [1.29, 1.82) is 0 Å². The molecule has 1 saturated heterocycles. The lowest BCUT2D eigenvalue weighted by Crippen LogP contribution is -2.57. The molecule has 1 rings (SSSR count). The summed E-state index contributed by atoms with van der Waals surface area (Å²) in [6, 6.07) is -3.61. The zero-order valence-corrected chi connectivity index (χ0v) is 19.8. The van der Waals surface area contributed by atoms with Crippen molar-refractivity contribution in [2.24, 2.45) is 11.8 Å². The maximum Gasteiger partial charge on any atom is 0.326 e. The normalized spacial score (nSPS) is 18.4. The number of carbonyl (C=O) groups excluding carboxylic acids is 3. The number of carboxylic acids is 2. The van der Waals surface area contributed by atoms with Crippen molar-refractivity contribution in [3.8, 4) is 0 Å². The SMILES string of the molecule is CC(C)CC(NC(=O)C(CC(C)C)NC(=O)C1CCCN1)C(=O)NC(CCC(=O)O)C(=O)O. The topological polar surface area (TPSA) is 174 Å². The first-order chi connectivity index (χ1) is 15.4. The number of nitrogens with one attached hydrogen (secondary N) is 4. The summed E-state index contributed by atoms with van der Waals surface area (Å²) in [6.45, 7) is 8.27. The Morgan fingerprint density at radius 2 is 1.36 bits per heavy atom. The monoisotopic (exact) mass is 470 g/mol. The molecule has 0 saturated carbocycles. The second-order valence-corrected chi connectivity index (χ2v) is 9.36. The molecule has 11 nitrogen and oxygen atoms in total. The van der Waals surface area contributed by atoms with Gasteiger partial charge in [0.05, 0.1) is 6.04 Å². The van der Waals surface area contributed by atoms with Gasteiger partial charge in [0, 0.05) is 6.42 Å². The molecule has 0 aliphatic carbocycles. The Hall–Kier alpha value is -2.69. The van der Waals surface area contributed by atoms with Crippen LogP contribution in [0.2, 0.25) is 0 Å². The number of amides is 3. The van der Waals surface area contributed by atoms with Crippen LogP contribution in [0.5, 0.6) is 0 Å². The first-order valence-corrected chi connectivity index (χ1v) is 11.5. The average Bonchev–Trinajstić information content (AvgIpc) is 3.23. The Morgan fingerprint density at radius 3 is 1.79 bits per heavy atom. The molecule has 1 aliphatic heterocycles. The van der Waals surface area contributed by atoms with E-state index in [4.69, 9.17) is 5.11 Å². The number of carboxylic acid groups (broad SMARTS) is 2. The summed E-state index contributed by atoms with van der Waals surface area (Å²) in [4.78, 5) is 60.6. The van der Waals surface area contributed by atoms with Crippen molar-refractivity contribution >= 4 is 29.7 Å². The molecule has 4 unspecified atom stereocenters. The smallest absolute Gasteiger partial charge is 0.326 e. The van der Waals surface area contributed by atoms with E-state index in [0.717, 1.165) is 13.0 Å². The molecule has 1 heterocycles. The van der Waals surface area contributed by atoms with Crippen LogP contribution in [-0.4, -0.2) is 70.6 Å². The minimum atomic E-state index is -1.39. The van der Waals surface area contributed by atoms with Crippen LogP contribution in [0.3, 0.4) is 0 Å². The van der Waals surface area contributed by atoms with Crippen LogP contribution < -0.4 is 21.3 Å². The molecular weight excluding hydrogens is 432 g/mol. The molecule has 0 radical (unpaired) electrons. The molecule has 1 aliphatic rings. The van der Waals surface area contributed by atoms with Crippen LogP contribution in [0.1, 0.15) is 66.2 Å². The molecular formula is C22H38N4O7. The maximum absolute atomic E-state index is 13.0. The highest BCUT2D eigenvalue weighted by atomic mass is 16.4. The van der Waals surface area contributed by atoms with E-state index in [-0.39, 0.29) is 36.6 Å². The van der Waals surface area contributed by atoms with Crippen molar-refractivity contribution in [2.45, 2.75) is 90.4 Å². The van der Waals surface area contributed by atoms with Gasteiger partial charge in [0.25, 0.3) is 0 Å². The molecule has 0 bridgehead atoms. The average molecular weight is 471 g/mol. The van der Waals surface area contributed by atoms with E-state index < -0.39 is 48.3 Å². The van der Waals surface area contributed by atoms with Crippen LogP contribution in [0.25, 0.3) is 0 Å². The van der Waals surface area contributed by atoms with E-state index in [2.05, 4.69) is 21.3 Å². The summed E-state index contributed by atoms with van der Waals surface area (Å²) in [7, 11) is 0. The number of hydrogen-bond acceptors (Lipinski definition) is 6. The molecule has 3 amide bonds. The van der Waals surface area contributed by atoms with Crippen molar-refractivity contribution in [1.82, 2.24) is 21.3 Å². The Labute approximate surface area is 194 Å². The highest BCUT2D eigenvalue weighted by Crippen LogP contribution is 2.11. The summed E-state index contributed by atoms with van der Waals surface area (Å²) >= 11 is 0. The lowest BCUT2D eigenvalue weighted by Gasteiger charge is -2.26. The molecule has 0 spiro atoms. The molecule has 0 aromatic rings. The lowest BCUT2D eigenvalue weighted by atomic mass is 9.99. The second kappa shape index (κ2) is 13.8. The van der Waals surface area contributed by atoms with Crippen LogP contribution >= 0.6 is 0 Å². The number of carbonyl (C=O) groups is 5. The molecule has 188 valence electrons. The van der Waals surface area contributed by atoms with Gasteiger partial charge in [-0.3, -0.25) is 19.2 Å². The molecule has 0 aromatic carbocycles. The van der Waals surface area contributed by atoms with Crippen LogP contribution in [-0.2, 0) is 24.0 Å². The van der Waals surface area contributed by atoms with E-state index in [9.17, 15) is 29.1 Å². The summed E-state index contributed by atoms with van der Waals surface area (Å²) in [5, 5.41) is 29.0. The van der Waals surface area contributed by atoms with Gasteiger partial charge in [-0.25, -0.2) is 4.79 Å². The first kappa shape index (κ1) is 28.3. The molecule has 6 N–H and O–H groups in total. The summed E-state index contributed by atoms with van der Waals surface area (Å²) in [5.74, 6) is -3.92. The highest BCUT2D eigenvalue weighted by molar-refractivity contribution is 5.94. The van der Waals surface area contributed by atoms with Crippen LogP contribution in [0, 0.1) is 11.8 Å². The summed E-state index contributed by atoms with van der Waals surface area (Å²) < 4.78 is 0. The van der Waals surface area contributed by atoms with Gasteiger partial charge in [-0.15, -0.1) is 0 Å². The Morgan fingerprint density at radius 1 is 0.848 bits per heavy atom. The predicted molar refractivity (Wildman–Crippen MR) is 120 cm³/mol. The minimum Gasteiger partial charge on any atom is -0.481 e. The molecule has 33 heavy (non-hydrogen) atoms.